The summed E-state index contributed by atoms with van der Waals surface area (Å²) in [5.41, 5.74) is 0. The lowest BCUT2D eigenvalue weighted by molar-refractivity contribution is 0.164. The Kier molecular flexibility index (Phi) is 5.45. The van der Waals surface area contributed by atoms with Gasteiger partial charge < -0.3 is 10.2 Å². The van der Waals surface area contributed by atoms with Gasteiger partial charge in [-0.2, -0.15) is 0 Å². The molecule has 0 saturated carbocycles. The van der Waals surface area contributed by atoms with Gasteiger partial charge in [0.1, 0.15) is 0 Å². The van der Waals surface area contributed by atoms with E-state index in [1.165, 1.54) is 12.7 Å². The molecule has 5 nitrogen and oxygen atoms in total. The second-order valence-electron chi connectivity index (χ2n) is 6.67. The van der Waals surface area contributed by atoms with E-state index < -0.39 is 10.0 Å². The summed E-state index contributed by atoms with van der Waals surface area (Å²) in [5.74, 6) is 1.13. The Morgan fingerprint density at radius 3 is 2.60 bits per heavy atom. The Morgan fingerprint density at radius 2 is 1.95 bits per heavy atom. The van der Waals surface area contributed by atoms with Gasteiger partial charge in [-0.15, -0.1) is 0 Å². The van der Waals surface area contributed by atoms with Gasteiger partial charge in [-0.25, -0.2) is 12.7 Å². The second-order valence-corrected chi connectivity index (χ2v) is 8.65. The molecule has 0 aromatic rings. The van der Waals surface area contributed by atoms with Crippen molar-refractivity contribution in [2.24, 2.45) is 11.8 Å². The van der Waals surface area contributed by atoms with Crippen molar-refractivity contribution in [2.75, 3.05) is 46.0 Å². The molecule has 0 aliphatic carbocycles. The van der Waals surface area contributed by atoms with Gasteiger partial charge in [-0.05, 0) is 51.2 Å². The lowest BCUT2D eigenvalue weighted by atomic mass is 9.92. The van der Waals surface area contributed by atoms with Gasteiger partial charge in [-0.1, -0.05) is 6.92 Å². The van der Waals surface area contributed by atoms with Crippen molar-refractivity contribution in [1.82, 2.24) is 14.5 Å². The third kappa shape index (κ3) is 4.41. The van der Waals surface area contributed by atoms with Crippen molar-refractivity contribution in [3.8, 4) is 0 Å². The summed E-state index contributed by atoms with van der Waals surface area (Å²) in [4.78, 5) is 2.38. The second kappa shape index (κ2) is 6.73. The molecular formula is C14H29N3O2S. The quantitative estimate of drug-likeness (QED) is 0.826. The summed E-state index contributed by atoms with van der Waals surface area (Å²) in [6, 6.07) is 0.583. The predicted octanol–water partition coefficient (Wildman–Crippen LogP) is 0.588. The van der Waals surface area contributed by atoms with Crippen LogP contribution in [-0.2, 0) is 10.0 Å². The number of hydrogen-bond acceptors (Lipinski definition) is 4. The van der Waals surface area contributed by atoms with Crippen molar-refractivity contribution in [1.29, 1.82) is 0 Å². The first-order chi connectivity index (χ1) is 9.36. The van der Waals surface area contributed by atoms with Gasteiger partial charge in [0, 0.05) is 25.7 Å². The maximum atomic E-state index is 11.6. The van der Waals surface area contributed by atoms with Crippen molar-refractivity contribution >= 4 is 10.0 Å². The van der Waals surface area contributed by atoms with Crippen LogP contribution in [0.1, 0.15) is 26.2 Å². The molecule has 118 valence electrons. The number of nitrogens with one attached hydrogen (secondary N) is 1. The summed E-state index contributed by atoms with van der Waals surface area (Å²) in [5, 5.41) is 3.69. The molecule has 20 heavy (non-hydrogen) atoms. The van der Waals surface area contributed by atoms with Crippen LogP contribution in [0, 0.1) is 11.8 Å². The van der Waals surface area contributed by atoms with Crippen LogP contribution >= 0.6 is 0 Å². The van der Waals surface area contributed by atoms with E-state index in [4.69, 9.17) is 0 Å². The molecule has 2 saturated heterocycles. The van der Waals surface area contributed by atoms with Crippen LogP contribution in [0.25, 0.3) is 0 Å². The molecule has 0 spiro atoms. The highest BCUT2D eigenvalue weighted by Crippen LogP contribution is 2.20. The number of likely N-dealkylation sites (tertiary alicyclic amines) is 1. The lowest BCUT2D eigenvalue weighted by Crippen LogP contribution is -2.50. The summed E-state index contributed by atoms with van der Waals surface area (Å²) in [6.45, 7) is 6.94. The third-order valence-corrected chi connectivity index (χ3v) is 6.00. The lowest BCUT2D eigenvalue weighted by Gasteiger charge is -2.37. The Bertz CT molecular complexity index is 413. The Balaban J connectivity index is 1.79. The molecule has 0 bridgehead atoms. The van der Waals surface area contributed by atoms with Crippen LogP contribution in [0.4, 0.5) is 0 Å². The van der Waals surface area contributed by atoms with Crippen LogP contribution in [0.2, 0.25) is 0 Å². The first-order valence-corrected chi connectivity index (χ1v) is 9.58. The highest BCUT2D eigenvalue weighted by Gasteiger charge is 2.28. The number of nitrogens with zero attached hydrogens (tertiary/aromatic N) is 2. The van der Waals surface area contributed by atoms with Crippen LogP contribution < -0.4 is 5.32 Å². The van der Waals surface area contributed by atoms with Crippen LogP contribution in [0.15, 0.2) is 0 Å². The molecule has 2 aliphatic heterocycles. The first-order valence-electron chi connectivity index (χ1n) is 7.73. The number of rotatable bonds is 4. The van der Waals surface area contributed by atoms with E-state index in [0.29, 0.717) is 31.0 Å². The molecule has 2 fully saturated rings. The van der Waals surface area contributed by atoms with E-state index in [2.05, 4.69) is 24.2 Å². The molecular weight excluding hydrogens is 274 g/mol. The van der Waals surface area contributed by atoms with E-state index >= 15 is 0 Å². The number of hydrogen-bond donors (Lipinski definition) is 1. The first kappa shape index (κ1) is 16.2. The van der Waals surface area contributed by atoms with Gasteiger partial charge in [-0.3, -0.25) is 0 Å². The molecule has 2 aliphatic rings. The van der Waals surface area contributed by atoms with Crippen molar-refractivity contribution in [3.63, 3.8) is 0 Å². The molecule has 0 amide bonds. The zero-order valence-corrected chi connectivity index (χ0v) is 13.8. The molecule has 2 rings (SSSR count). The molecule has 0 radical (unpaired) electrons. The highest BCUT2D eigenvalue weighted by molar-refractivity contribution is 7.88. The summed E-state index contributed by atoms with van der Waals surface area (Å²) in [6.07, 6.45) is 4.64. The van der Waals surface area contributed by atoms with E-state index in [-0.39, 0.29) is 0 Å². The standard InChI is InChI=1S/C14H29N3O2S/c1-12-10-16(2)8-6-14(12)15-9-13-5-4-7-17(11-13)20(3,18)19/h12-15H,4-11H2,1-3H3. The van der Waals surface area contributed by atoms with Gasteiger partial charge in [0.2, 0.25) is 10.0 Å². The fraction of sp³-hybridized carbons (Fsp3) is 1.00. The molecule has 0 aromatic heterocycles. The van der Waals surface area contributed by atoms with E-state index in [0.717, 1.165) is 32.5 Å². The Hall–Kier alpha value is -0.170. The van der Waals surface area contributed by atoms with Crippen LogP contribution in [0.3, 0.4) is 0 Å². The van der Waals surface area contributed by atoms with Gasteiger partial charge in [0.25, 0.3) is 0 Å². The molecule has 6 heteroatoms. The number of piperidine rings is 2. The van der Waals surface area contributed by atoms with Gasteiger partial charge in [0.15, 0.2) is 0 Å². The molecule has 3 atom stereocenters. The van der Waals surface area contributed by atoms with Crippen molar-refractivity contribution in [2.45, 2.75) is 32.2 Å². The summed E-state index contributed by atoms with van der Waals surface area (Å²) >= 11 is 0. The van der Waals surface area contributed by atoms with E-state index in [1.54, 1.807) is 4.31 Å². The maximum absolute atomic E-state index is 11.6. The van der Waals surface area contributed by atoms with Crippen molar-refractivity contribution in [3.05, 3.63) is 0 Å². The topological polar surface area (TPSA) is 52.6 Å². The summed E-state index contributed by atoms with van der Waals surface area (Å²) < 4.78 is 24.9. The normalized spacial score (nSPS) is 34.2. The SMILES string of the molecule is CC1CN(C)CCC1NCC1CCCN(S(C)(=O)=O)C1. The van der Waals surface area contributed by atoms with Crippen molar-refractivity contribution < 1.29 is 8.42 Å². The summed E-state index contributed by atoms with van der Waals surface area (Å²) in [7, 11) is -0.843. The molecule has 1 N–H and O–H groups in total. The minimum absolute atomic E-state index is 0.463. The smallest absolute Gasteiger partial charge is 0.211 e. The largest absolute Gasteiger partial charge is 0.313 e. The minimum atomic E-state index is -3.02. The van der Waals surface area contributed by atoms with Gasteiger partial charge in [0.05, 0.1) is 6.26 Å². The molecule has 3 unspecified atom stereocenters. The predicted molar refractivity (Wildman–Crippen MR) is 82.2 cm³/mol. The van der Waals surface area contributed by atoms with Crippen LogP contribution in [-0.4, -0.2) is 69.7 Å². The number of sulfonamides is 1. The van der Waals surface area contributed by atoms with Crippen LogP contribution in [0.5, 0.6) is 0 Å². The van der Waals surface area contributed by atoms with E-state index in [1.807, 2.05) is 0 Å². The van der Waals surface area contributed by atoms with Gasteiger partial charge >= 0.3 is 0 Å². The monoisotopic (exact) mass is 303 g/mol. The third-order valence-electron chi connectivity index (χ3n) is 4.73. The highest BCUT2D eigenvalue weighted by atomic mass is 32.2. The fourth-order valence-electron chi connectivity index (χ4n) is 3.47. The Morgan fingerprint density at radius 1 is 1.20 bits per heavy atom. The maximum Gasteiger partial charge on any atom is 0.211 e. The molecule has 0 aromatic carbocycles. The average Bonchev–Trinajstić information content (AvgIpc) is 2.37. The zero-order valence-electron chi connectivity index (χ0n) is 13.0. The minimum Gasteiger partial charge on any atom is -0.313 e. The Labute approximate surface area is 123 Å². The average molecular weight is 303 g/mol. The zero-order chi connectivity index (χ0) is 14.8. The van der Waals surface area contributed by atoms with E-state index in [9.17, 15) is 8.42 Å². The molecule has 2 heterocycles. The fourth-order valence-corrected chi connectivity index (χ4v) is 4.41.